The van der Waals surface area contributed by atoms with Gasteiger partial charge in [0.25, 0.3) is 0 Å². The second-order valence-corrected chi connectivity index (χ2v) is 6.03. The highest BCUT2D eigenvalue weighted by Gasteiger charge is 2.09. The first-order valence-corrected chi connectivity index (χ1v) is 8.35. The maximum Gasteiger partial charge on any atom is 0.228 e. The lowest BCUT2D eigenvalue weighted by molar-refractivity contribution is 0.935. The van der Waals surface area contributed by atoms with E-state index < -0.39 is 0 Å². The third kappa shape index (κ3) is 3.40. The van der Waals surface area contributed by atoms with Gasteiger partial charge in [0.1, 0.15) is 0 Å². The first-order chi connectivity index (χ1) is 12.7. The highest BCUT2D eigenvalue weighted by atomic mass is 35.5. The fourth-order valence-corrected chi connectivity index (χ4v) is 2.79. The van der Waals surface area contributed by atoms with Crippen LogP contribution in [0.3, 0.4) is 0 Å². The van der Waals surface area contributed by atoms with Crippen LogP contribution in [0.5, 0.6) is 0 Å². The van der Waals surface area contributed by atoms with E-state index in [4.69, 9.17) is 17.3 Å². The Bertz CT molecular complexity index is 1060. The number of pyridine rings is 1. The molecule has 0 aliphatic rings. The zero-order valence-corrected chi connectivity index (χ0v) is 14.4. The van der Waals surface area contributed by atoms with E-state index in [9.17, 15) is 0 Å². The van der Waals surface area contributed by atoms with Crippen LogP contribution in [-0.4, -0.2) is 36.7 Å². The lowest BCUT2D eigenvalue weighted by Crippen LogP contribution is -2.11. The Labute approximate surface area is 153 Å². The number of nitrogen functional groups attached to an aromatic ring is 1. The minimum absolute atomic E-state index is 0.151. The van der Waals surface area contributed by atoms with Gasteiger partial charge in [-0.05, 0) is 18.2 Å². The lowest BCUT2D eigenvalue weighted by Gasteiger charge is -2.08. The van der Waals surface area contributed by atoms with E-state index >= 15 is 0 Å². The highest BCUT2D eigenvalue weighted by Crippen LogP contribution is 2.21. The molecule has 4 rings (SSSR count). The minimum Gasteiger partial charge on any atom is -0.368 e. The number of hydrogen-bond acceptors (Lipinski definition) is 7. The van der Waals surface area contributed by atoms with E-state index in [1.807, 2.05) is 24.3 Å². The Balaban J connectivity index is 1.53. The number of nitrogens with two attached hydrogens (primary N) is 1. The topological polar surface area (TPSA) is 118 Å². The first kappa shape index (κ1) is 16.2. The summed E-state index contributed by atoms with van der Waals surface area (Å²) in [5.41, 5.74) is 8.38. The van der Waals surface area contributed by atoms with Crippen LogP contribution in [0.4, 0.5) is 11.9 Å². The summed E-state index contributed by atoms with van der Waals surface area (Å²) < 4.78 is 0. The van der Waals surface area contributed by atoms with Crippen molar-refractivity contribution in [3.63, 3.8) is 0 Å². The second kappa shape index (κ2) is 6.93. The van der Waals surface area contributed by atoms with Gasteiger partial charge in [0.2, 0.25) is 11.9 Å². The number of halogens is 1. The van der Waals surface area contributed by atoms with Crippen molar-refractivity contribution >= 4 is 34.4 Å². The molecule has 4 aromatic rings. The normalized spacial score (nSPS) is 11.0. The van der Waals surface area contributed by atoms with Gasteiger partial charge in [0, 0.05) is 30.1 Å². The Morgan fingerprint density at radius 2 is 2.08 bits per heavy atom. The average molecular weight is 367 g/mol. The number of H-pyrrole nitrogens is 1. The van der Waals surface area contributed by atoms with Crippen molar-refractivity contribution in [3.8, 4) is 11.4 Å². The van der Waals surface area contributed by atoms with Crippen LogP contribution >= 0.6 is 11.6 Å². The second-order valence-electron chi connectivity index (χ2n) is 5.62. The summed E-state index contributed by atoms with van der Waals surface area (Å²) in [5, 5.41) is 11.7. The summed E-state index contributed by atoms with van der Waals surface area (Å²) in [4.78, 5) is 17.1. The molecule has 8 nitrogen and oxygen atoms in total. The molecule has 3 heterocycles. The van der Waals surface area contributed by atoms with Gasteiger partial charge in [-0.3, -0.25) is 10.1 Å². The maximum atomic E-state index is 6.12. The quantitative estimate of drug-likeness (QED) is 0.496. The van der Waals surface area contributed by atoms with Crippen LogP contribution in [0.15, 0.2) is 42.7 Å². The molecule has 0 saturated heterocycles. The van der Waals surface area contributed by atoms with E-state index in [2.05, 4.69) is 35.5 Å². The molecule has 9 heteroatoms. The summed E-state index contributed by atoms with van der Waals surface area (Å²) in [6.45, 7) is 0.569. The van der Waals surface area contributed by atoms with Gasteiger partial charge in [0.15, 0.2) is 5.82 Å². The molecule has 4 N–H and O–H groups in total. The molecule has 0 spiro atoms. The van der Waals surface area contributed by atoms with E-state index in [0.29, 0.717) is 29.8 Å². The van der Waals surface area contributed by atoms with Crippen LogP contribution in [0.25, 0.3) is 22.3 Å². The van der Waals surface area contributed by atoms with Crippen molar-refractivity contribution in [3.05, 3.63) is 53.4 Å². The van der Waals surface area contributed by atoms with Gasteiger partial charge >= 0.3 is 0 Å². The first-order valence-electron chi connectivity index (χ1n) is 7.97. The molecule has 1 aromatic carbocycles. The number of hydrogen-bond donors (Lipinski definition) is 3. The number of aromatic amines is 1. The third-order valence-corrected chi connectivity index (χ3v) is 4.18. The smallest absolute Gasteiger partial charge is 0.228 e. The van der Waals surface area contributed by atoms with Gasteiger partial charge < -0.3 is 11.1 Å². The predicted molar refractivity (Wildman–Crippen MR) is 101 cm³/mol. The molecule has 0 amide bonds. The van der Waals surface area contributed by atoms with Crippen molar-refractivity contribution in [2.24, 2.45) is 0 Å². The molecule has 0 unspecified atom stereocenters. The largest absolute Gasteiger partial charge is 0.368 e. The molecule has 0 fully saturated rings. The van der Waals surface area contributed by atoms with Crippen molar-refractivity contribution in [1.29, 1.82) is 0 Å². The van der Waals surface area contributed by atoms with Gasteiger partial charge in [-0.25, -0.2) is 0 Å². The van der Waals surface area contributed by atoms with Crippen LogP contribution in [-0.2, 0) is 6.42 Å². The Kier molecular flexibility index (Phi) is 4.32. The zero-order chi connectivity index (χ0) is 17.9. The van der Waals surface area contributed by atoms with Crippen LogP contribution in [0.2, 0.25) is 5.02 Å². The van der Waals surface area contributed by atoms with Crippen LogP contribution in [0, 0.1) is 0 Å². The predicted octanol–water partition coefficient (Wildman–Crippen LogP) is 2.70. The van der Waals surface area contributed by atoms with Crippen molar-refractivity contribution in [2.45, 2.75) is 6.42 Å². The number of nitrogens with one attached hydrogen (secondary N) is 2. The van der Waals surface area contributed by atoms with Gasteiger partial charge in [-0.15, -0.1) is 0 Å². The molecule has 0 saturated carbocycles. The molecule has 26 heavy (non-hydrogen) atoms. The third-order valence-electron chi connectivity index (χ3n) is 3.83. The van der Waals surface area contributed by atoms with Gasteiger partial charge in [-0.2, -0.15) is 20.1 Å². The zero-order valence-electron chi connectivity index (χ0n) is 13.6. The van der Waals surface area contributed by atoms with E-state index in [1.165, 1.54) is 0 Å². The summed E-state index contributed by atoms with van der Waals surface area (Å²) in [7, 11) is 0. The van der Waals surface area contributed by atoms with Gasteiger partial charge in [0.05, 0.1) is 22.4 Å². The van der Waals surface area contributed by atoms with Crippen molar-refractivity contribution < 1.29 is 0 Å². The standard InChI is InChI=1S/C17H15ClN8/c18-12-2-1-6-20-13(12)5-7-21-17-24-15(23-16(19)25-17)10-3-4-11-9-22-26-14(11)8-10/h1-4,6,8-9H,5,7H2,(H,22,26)(H3,19,21,23,24,25). The summed E-state index contributed by atoms with van der Waals surface area (Å²) in [5.74, 6) is 1.05. The molecule has 3 aromatic heterocycles. The molecule has 0 aliphatic heterocycles. The number of anilines is 2. The van der Waals surface area contributed by atoms with E-state index in [1.54, 1.807) is 18.5 Å². The summed E-state index contributed by atoms with van der Waals surface area (Å²) in [6.07, 6.45) is 4.11. The number of fused-ring (bicyclic) bond motifs is 1. The van der Waals surface area contributed by atoms with Crippen molar-refractivity contribution in [2.75, 3.05) is 17.6 Å². The number of benzene rings is 1. The molecule has 0 radical (unpaired) electrons. The fraction of sp³-hybridized carbons (Fsp3) is 0.118. The molecule has 130 valence electrons. The Morgan fingerprint density at radius 3 is 2.96 bits per heavy atom. The van der Waals surface area contributed by atoms with E-state index in [0.717, 1.165) is 22.2 Å². The number of aromatic nitrogens is 6. The monoisotopic (exact) mass is 366 g/mol. The number of nitrogens with zero attached hydrogens (tertiary/aromatic N) is 5. The van der Waals surface area contributed by atoms with Crippen molar-refractivity contribution in [1.82, 2.24) is 30.1 Å². The number of rotatable bonds is 5. The lowest BCUT2D eigenvalue weighted by atomic mass is 10.1. The highest BCUT2D eigenvalue weighted by molar-refractivity contribution is 6.31. The molecule has 0 aliphatic carbocycles. The summed E-state index contributed by atoms with van der Waals surface area (Å²) >= 11 is 6.12. The molecule has 0 atom stereocenters. The maximum absolute atomic E-state index is 6.12. The fourth-order valence-electron chi connectivity index (χ4n) is 2.57. The van der Waals surface area contributed by atoms with Gasteiger partial charge in [-0.1, -0.05) is 23.7 Å². The molecule has 0 bridgehead atoms. The Hall–Kier alpha value is -3.26. The molecular weight excluding hydrogens is 352 g/mol. The molecular formula is C17H15ClN8. The minimum atomic E-state index is 0.151. The van der Waals surface area contributed by atoms with Crippen LogP contribution < -0.4 is 11.1 Å². The van der Waals surface area contributed by atoms with Crippen LogP contribution in [0.1, 0.15) is 5.69 Å². The summed E-state index contributed by atoms with van der Waals surface area (Å²) in [6, 6.07) is 9.41. The average Bonchev–Trinajstić information content (AvgIpc) is 3.10. The van der Waals surface area contributed by atoms with E-state index in [-0.39, 0.29) is 5.95 Å². The Morgan fingerprint density at radius 1 is 1.15 bits per heavy atom. The SMILES string of the molecule is Nc1nc(NCCc2ncccc2Cl)nc(-c2ccc3cn[nH]c3c2)n1.